The Hall–Kier alpha value is -4.07. The molecule has 1 aliphatic heterocycles. The maximum Gasteiger partial charge on any atom is 0.339 e. The molecular weight excluding hydrogens is 427 g/mol. The van der Waals surface area contributed by atoms with Gasteiger partial charge in [-0.15, -0.1) is 0 Å². The number of hydrogen-bond acceptors (Lipinski definition) is 5. The Labute approximate surface area is 190 Å². The third kappa shape index (κ3) is 5.60. The van der Waals surface area contributed by atoms with Crippen LogP contribution in [0.15, 0.2) is 66.7 Å². The van der Waals surface area contributed by atoms with Crippen molar-refractivity contribution in [2.75, 3.05) is 19.2 Å². The lowest BCUT2D eigenvalue weighted by molar-refractivity contribution is 0.0602. The number of carbonyl (C=O) groups is 2. The van der Waals surface area contributed by atoms with Crippen molar-refractivity contribution in [2.45, 2.75) is 18.9 Å². The van der Waals surface area contributed by atoms with E-state index in [1.165, 1.54) is 19.2 Å². The summed E-state index contributed by atoms with van der Waals surface area (Å²) in [5.74, 6) is 0.466. The molecule has 8 heteroatoms. The predicted octanol–water partition coefficient (Wildman–Crippen LogP) is 4.32. The van der Waals surface area contributed by atoms with E-state index in [4.69, 9.17) is 14.2 Å². The van der Waals surface area contributed by atoms with Crippen LogP contribution in [0.2, 0.25) is 0 Å². The topological polar surface area (TPSA) is 85.9 Å². The zero-order valence-electron chi connectivity index (χ0n) is 18.0. The molecule has 0 radical (unpaired) electrons. The molecule has 170 valence electrons. The quantitative estimate of drug-likeness (QED) is 0.524. The van der Waals surface area contributed by atoms with Gasteiger partial charge in [0, 0.05) is 6.04 Å². The van der Waals surface area contributed by atoms with Crippen LogP contribution in [-0.4, -0.2) is 31.9 Å². The summed E-state index contributed by atoms with van der Waals surface area (Å²) in [6.07, 6.45) is 0.973. The van der Waals surface area contributed by atoms with E-state index >= 15 is 0 Å². The first-order chi connectivity index (χ1) is 16.0. The third-order valence-electron chi connectivity index (χ3n) is 5.23. The van der Waals surface area contributed by atoms with E-state index < -0.39 is 12.0 Å². The number of methoxy groups -OCH3 is 1. The van der Waals surface area contributed by atoms with Gasteiger partial charge in [-0.2, -0.15) is 0 Å². The zero-order valence-corrected chi connectivity index (χ0v) is 18.0. The lowest BCUT2D eigenvalue weighted by Gasteiger charge is -2.20. The van der Waals surface area contributed by atoms with Gasteiger partial charge in [-0.05, 0) is 60.4 Å². The molecule has 1 heterocycles. The molecule has 0 saturated carbocycles. The predicted molar refractivity (Wildman–Crippen MR) is 120 cm³/mol. The average Bonchev–Trinajstić information content (AvgIpc) is 3.28. The first-order valence-electron chi connectivity index (χ1n) is 10.4. The Morgan fingerprint density at radius 2 is 1.67 bits per heavy atom. The Balaban J connectivity index is 1.51. The Bertz CT molecular complexity index is 1150. The highest BCUT2D eigenvalue weighted by molar-refractivity contribution is 6.00. The fourth-order valence-corrected chi connectivity index (χ4v) is 3.66. The number of nitrogens with one attached hydrogen (secondary N) is 2. The van der Waals surface area contributed by atoms with Gasteiger partial charge >= 0.3 is 12.0 Å². The first-order valence-corrected chi connectivity index (χ1v) is 10.4. The SMILES string of the molecule is COC(=O)c1ccccc1NC(=O)N[C@H](Cc1ccc(F)cc1)Cc1ccc2c(c1)OCO2. The highest BCUT2D eigenvalue weighted by atomic mass is 19.1. The summed E-state index contributed by atoms with van der Waals surface area (Å²) < 4.78 is 28.9. The lowest BCUT2D eigenvalue weighted by Crippen LogP contribution is -2.41. The molecule has 4 rings (SSSR count). The molecule has 33 heavy (non-hydrogen) atoms. The summed E-state index contributed by atoms with van der Waals surface area (Å²) in [7, 11) is 1.28. The van der Waals surface area contributed by atoms with Crippen LogP contribution in [-0.2, 0) is 17.6 Å². The average molecular weight is 450 g/mol. The number of para-hydroxylation sites is 1. The maximum absolute atomic E-state index is 13.3. The van der Waals surface area contributed by atoms with E-state index in [2.05, 4.69) is 10.6 Å². The van der Waals surface area contributed by atoms with Crippen molar-refractivity contribution in [2.24, 2.45) is 0 Å². The second-order valence-corrected chi connectivity index (χ2v) is 7.55. The molecule has 0 bridgehead atoms. The normalized spacial score (nSPS) is 12.7. The van der Waals surface area contributed by atoms with E-state index in [0.29, 0.717) is 30.0 Å². The van der Waals surface area contributed by atoms with Crippen molar-refractivity contribution >= 4 is 17.7 Å². The minimum absolute atomic E-state index is 0.179. The number of urea groups is 1. The van der Waals surface area contributed by atoms with Crippen LogP contribution in [0.25, 0.3) is 0 Å². The number of rotatable bonds is 7. The number of anilines is 1. The van der Waals surface area contributed by atoms with Gasteiger partial charge in [0.1, 0.15) is 5.82 Å². The highest BCUT2D eigenvalue weighted by Crippen LogP contribution is 2.33. The molecule has 1 aliphatic rings. The number of hydrogen-bond donors (Lipinski definition) is 2. The van der Waals surface area contributed by atoms with Crippen molar-refractivity contribution in [1.29, 1.82) is 0 Å². The van der Waals surface area contributed by atoms with Crippen molar-refractivity contribution in [3.63, 3.8) is 0 Å². The monoisotopic (exact) mass is 450 g/mol. The van der Waals surface area contributed by atoms with E-state index in [1.807, 2.05) is 18.2 Å². The largest absolute Gasteiger partial charge is 0.465 e. The van der Waals surface area contributed by atoms with Gasteiger partial charge in [0.25, 0.3) is 0 Å². The third-order valence-corrected chi connectivity index (χ3v) is 5.23. The van der Waals surface area contributed by atoms with Crippen LogP contribution in [0.5, 0.6) is 11.5 Å². The number of halogens is 1. The number of benzene rings is 3. The molecule has 2 N–H and O–H groups in total. The number of carbonyl (C=O) groups excluding carboxylic acids is 2. The second kappa shape index (κ2) is 10.0. The summed E-state index contributed by atoms with van der Waals surface area (Å²) in [6, 6.07) is 17.6. The number of ether oxygens (including phenoxy) is 3. The number of esters is 1. The fraction of sp³-hybridized carbons (Fsp3) is 0.200. The summed E-state index contributed by atoms with van der Waals surface area (Å²) in [4.78, 5) is 24.8. The van der Waals surface area contributed by atoms with Crippen LogP contribution in [0.4, 0.5) is 14.9 Å². The first kappa shape index (κ1) is 22.1. The van der Waals surface area contributed by atoms with Gasteiger partial charge in [-0.3, -0.25) is 0 Å². The molecule has 0 spiro atoms. The second-order valence-electron chi connectivity index (χ2n) is 7.55. The molecule has 3 aromatic carbocycles. The van der Waals surface area contributed by atoms with Gasteiger partial charge in [0.2, 0.25) is 6.79 Å². The molecular formula is C25H23FN2O5. The van der Waals surface area contributed by atoms with Crippen LogP contribution < -0.4 is 20.1 Å². The summed E-state index contributed by atoms with van der Waals surface area (Å²) >= 11 is 0. The molecule has 1 atom stereocenters. The Morgan fingerprint density at radius 3 is 2.45 bits per heavy atom. The lowest BCUT2D eigenvalue weighted by atomic mass is 9.98. The molecule has 0 aromatic heterocycles. The van der Waals surface area contributed by atoms with Gasteiger partial charge in [0.05, 0.1) is 18.4 Å². The van der Waals surface area contributed by atoms with Crippen molar-refractivity contribution in [1.82, 2.24) is 5.32 Å². The van der Waals surface area contributed by atoms with Crippen LogP contribution in [0.1, 0.15) is 21.5 Å². The van der Waals surface area contributed by atoms with Gasteiger partial charge < -0.3 is 24.8 Å². The molecule has 3 aromatic rings. The number of fused-ring (bicyclic) bond motifs is 1. The molecule has 7 nitrogen and oxygen atoms in total. The van der Waals surface area contributed by atoms with Crippen LogP contribution >= 0.6 is 0 Å². The molecule has 0 saturated heterocycles. The maximum atomic E-state index is 13.3. The van der Waals surface area contributed by atoms with Crippen LogP contribution in [0, 0.1) is 5.82 Å². The van der Waals surface area contributed by atoms with E-state index in [-0.39, 0.29) is 24.2 Å². The van der Waals surface area contributed by atoms with Crippen molar-refractivity contribution in [3.05, 3.63) is 89.2 Å². The Morgan fingerprint density at radius 1 is 0.970 bits per heavy atom. The summed E-state index contributed by atoms with van der Waals surface area (Å²) in [5, 5.41) is 5.68. The van der Waals surface area contributed by atoms with Gasteiger partial charge in [-0.1, -0.05) is 30.3 Å². The van der Waals surface area contributed by atoms with E-state index in [1.54, 1.807) is 36.4 Å². The highest BCUT2D eigenvalue weighted by Gasteiger charge is 2.19. The van der Waals surface area contributed by atoms with Gasteiger partial charge in [-0.25, -0.2) is 14.0 Å². The molecule has 2 amide bonds. The summed E-state index contributed by atoms with van der Waals surface area (Å²) in [6.45, 7) is 0.179. The van der Waals surface area contributed by atoms with Crippen molar-refractivity contribution in [3.8, 4) is 11.5 Å². The standard InChI is InChI=1S/C25H23FN2O5/c1-31-24(29)20-4-2-3-5-21(20)28-25(30)27-19(12-16-6-9-18(26)10-7-16)13-17-8-11-22-23(14-17)33-15-32-22/h2-11,14,19H,12-13,15H2,1H3,(H2,27,28,30)/t19-/m1/s1. The molecule has 0 fully saturated rings. The fourth-order valence-electron chi connectivity index (χ4n) is 3.66. The molecule has 0 unspecified atom stereocenters. The summed E-state index contributed by atoms with van der Waals surface area (Å²) in [5.41, 5.74) is 2.41. The Kier molecular flexibility index (Phi) is 6.73. The van der Waals surface area contributed by atoms with E-state index in [9.17, 15) is 14.0 Å². The van der Waals surface area contributed by atoms with Crippen molar-refractivity contribution < 1.29 is 28.2 Å². The van der Waals surface area contributed by atoms with Gasteiger partial charge in [0.15, 0.2) is 11.5 Å². The van der Waals surface area contributed by atoms with Crippen LogP contribution in [0.3, 0.4) is 0 Å². The minimum Gasteiger partial charge on any atom is -0.465 e. The number of amides is 2. The smallest absolute Gasteiger partial charge is 0.339 e. The molecule has 0 aliphatic carbocycles. The zero-order chi connectivity index (χ0) is 23.2. The van der Waals surface area contributed by atoms with E-state index in [0.717, 1.165) is 11.1 Å². The minimum atomic E-state index is -0.547.